The molecule has 2 heterocycles. The van der Waals surface area contributed by atoms with E-state index >= 15 is 0 Å². The maximum absolute atomic E-state index is 12.2. The first kappa shape index (κ1) is 20.1. The summed E-state index contributed by atoms with van der Waals surface area (Å²) in [5.74, 6) is 1.37. The van der Waals surface area contributed by atoms with E-state index < -0.39 is 0 Å². The molecule has 0 saturated carbocycles. The van der Waals surface area contributed by atoms with Crippen LogP contribution in [0.25, 0.3) is 17.2 Å². The number of hydrogen-bond donors (Lipinski definition) is 1. The van der Waals surface area contributed by atoms with Crippen molar-refractivity contribution >= 4 is 17.7 Å². The van der Waals surface area contributed by atoms with E-state index in [0.29, 0.717) is 23.4 Å². The minimum absolute atomic E-state index is 0.00624. The van der Waals surface area contributed by atoms with Crippen LogP contribution in [-0.4, -0.2) is 38.0 Å². The van der Waals surface area contributed by atoms with Gasteiger partial charge in [0.1, 0.15) is 5.69 Å². The number of nitrogens with one attached hydrogen (secondary N) is 1. The molecule has 0 aliphatic rings. The first-order chi connectivity index (χ1) is 13.5. The number of amides is 1. The van der Waals surface area contributed by atoms with Crippen molar-refractivity contribution in [2.45, 2.75) is 32.9 Å². The van der Waals surface area contributed by atoms with Gasteiger partial charge in [-0.05, 0) is 43.5 Å². The Morgan fingerprint density at radius 1 is 1.18 bits per heavy atom. The quantitative estimate of drug-likeness (QED) is 0.616. The second kappa shape index (κ2) is 9.01. The Morgan fingerprint density at radius 2 is 2.00 bits per heavy atom. The van der Waals surface area contributed by atoms with Crippen molar-refractivity contribution in [3.8, 4) is 17.2 Å². The van der Waals surface area contributed by atoms with Crippen LogP contribution in [-0.2, 0) is 4.79 Å². The molecule has 0 spiro atoms. The summed E-state index contributed by atoms with van der Waals surface area (Å²) in [6, 6.07) is 12.0. The number of carbonyl (C=O) groups excluding carboxylic acids is 1. The van der Waals surface area contributed by atoms with Gasteiger partial charge in [-0.15, -0.1) is 10.2 Å². The van der Waals surface area contributed by atoms with Crippen LogP contribution in [0.4, 0.5) is 0 Å². The molecule has 0 aliphatic heterocycles. The molecule has 1 aromatic carbocycles. The minimum atomic E-state index is -0.00624. The molecule has 146 valence electrons. The van der Waals surface area contributed by atoms with Crippen molar-refractivity contribution < 1.29 is 4.79 Å². The van der Waals surface area contributed by atoms with Gasteiger partial charge >= 0.3 is 0 Å². The maximum Gasteiger partial charge on any atom is 0.230 e. The van der Waals surface area contributed by atoms with Crippen molar-refractivity contribution in [1.82, 2.24) is 25.1 Å². The average molecular weight is 396 g/mol. The smallest absolute Gasteiger partial charge is 0.230 e. The Labute approximate surface area is 169 Å². The first-order valence-electron chi connectivity index (χ1n) is 9.29. The third-order valence-corrected chi connectivity index (χ3v) is 5.09. The Bertz CT molecular complexity index is 953. The van der Waals surface area contributed by atoms with Gasteiger partial charge in [0.2, 0.25) is 5.91 Å². The summed E-state index contributed by atoms with van der Waals surface area (Å²) in [6.07, 6.45) is 1.74. The van der Waals surface area contributed by atoms with Gasteiger partial charge in [-0.3, -0.25) is 14.3 Å². The van der Waals surface area contributed by atoms with Crippen LogP contribution < -0.4 is 5.32 Å². The molecule has 0 unspecified atom stereocenters. The Hall–Kier alpha value is -2.67. The fraction of sp³-hybridized carbons (Fsp3) is 0.333. The second-order valence-corrected chi connectivity index (χ2v) is 8.08. The van der Waals surface area contributed by atoms with E-state index in [2.05, 4.69) is 66.4 Å². The van der Waals surface area contributed by atoms with Gasteiger partial charge in [0.15, 0.2) is 11.0 Å². The van der Waals surface area contributed by atoms with Crippen LogP contribution in [0.3, 0.4) is 0 Å². The van der Waals surface area contributed by atoms with E-state index in [1.165, 1.54) is 17.3 Å². The lowest BCUT2D eigenvalue weighted by Crippen LogP contribution is -2.28. The molecule has 0 bridgehead atoms. The molecule has 7 heteroatoms. The lowest BCUT2D eigenvalue weighted by atomic mass is 10.1. The Kier molecular flexibility index (Phi) is 6.46. The molecular weight excluding hydrogens is 370 g/mol. The zero-order valence-corrected chi connectivity index (χ0v) is 17.5. The minimum Gasteiger partial charge on any atom is -0.355 e. The number of aryl methyl sites for hydroxylation is 2. The van der Waals surface area contributed by atoms with Gasteiger partial charge in [-0.25, -0.2) is 0 Å². The van der Waals surface area contributed by atoms with Crippen LogP contribution in [0.1, 0.15) is 25.0 Å². The van der Waals surface area contributed by atoms with E-state index in [1.54, 1.807) is 6.20 Å². The van der Waals surface area contributed by atoms with E-state index in [4.69, 9.17) is 0 Å². The third kappa shape index (κ3) is 4.78. The first-order valence-corrected chi connectivity index (χ1v) is 10.3. The predicted octanol–water partition coefficient (Wildman–Crippen LogP) is 3.81. The van der Waals surface area contributed by atoms with Crippen molar-refractivity contribution in [1.29, 1.82) is 0 Å². The molecule has 3 rings (SSSR count). The van der Waals surface area contributed by atoms with E-state index in [0.717, 1.165) is 16.9 Å². The van der Waals surface area contributed by atoms with E-state index in [-0.39, 0.29) is 11.7 Å². The number of carbonyl (C=O) groups is 1. The highest BCUT2D eigenvalue weighted by molar-refractivity contribution is 7.99. The summed E-state index contributed by atoms with van der Waals surface area (Å²) in [6.45, 7) is 8.95. The Balaban J connectivity index is 1.94. The Morgan fingerprint density at radius 3 is 2.68 bits per heavy atom. The third-order valence-electron chi connectivity index (χ3n) is 4.16. The lowest BCUT2D eigenvalue weighted by Gasteiger charge is -2.13. The van der Waals surface area contributed by atoms with Gasteiger partial charge in [0, 0.05) is 12.7 Å². The standard InChI is InChI=1S/C21H25N5OS/c1-14(2)12-23-19(27)13-28-21-25-24-20(17-7-5-6-10-22-17)26(21)18-9-8-15(3)11-16(18)4/h5-11,14H,12-13H2,1-4H3,(H,23,27). The fourth-order valence-corrected chi connectivity index (χ4v) is 3.57. The molecule has 2 aromatic heterocycles. The number of rotatable bonds is 7. The van der Waals surface area contributed by atoms with Crippen molar-refractivity contribution in [2.75, 3.05) is 12.3 Å². The molecule has 0 atom stereocenters. The molecule has 0 saturated heterocycles. The van der Waals surface area contributed by atoms with Gasteiger partial charge < -0.3 is 5.32 Å². The molecule has 6 nitrogen and oxygen atoms in total. The molecule has 1 N–H and O–H groups in total. The predicted molar refractivity (Wildman–Crippen MR) is 113 cm³/mol. The highest BCUT2D eigenvalue weighted by Gasteiger charge is 2.19. The zero-order chi connectivity index (χ0) is 20.1. The van der Waals surface area contributed by atoms with Gasteiger partial charge in [-0.1, -0.05) is 49.4 Å². The highest BCUT2D eigenvalue weighted by atomic mass is 32.2. The lowest BCUT2D eigenvalue weighted by molar-refractivity contribution is -0.118. The fourth-order valence-electron chi connectivity index (χ4n) is 2.80. The zero-order valence-electron chi connectivity index (χ0n) is 16.6. The molecule has 0 fully saturated rings. The van der Waals surface area contributed by atoms with Gasteiger partial charge in [0.25, 0.3) is 0 Å². The molecule has 0 aliphatic carbocycles. The second-order valence-electron chi connectivity index (χ2n) is 7.13. The maximum atomic E-state index is 12.2. The summed E-state index contributed by atoms with van der Waals surface area (Å²) >= 11 is 1.38. The number of hydrogen-bond acceptors (Lipinski definition) is 5. The number of nitrogens with zero attached hydrogens (tertiary/aromatic N) is 4. The number of pyridine rings is 1. The van der Waals surface area contributed by atoms with Gasteiger partial charge in [-0.2, -0.15) is 0 Å². The van der Waals surface area contributed by atoms with Crippen LogP contribution in [0.5, 0.6) is 0 Å². The van der Waals surface area contributed by atoms with E-state index in [9.17, 15) is 4.79 Å². The van der Waals surface area contributed by atoms with Crippen LogP contribution in [0.15, 0.2) is 47.8 Å². The van der Waals surface area contributed by atoms with Crippen molar-refractivity contribution in [3.63, 3.8) is 0 Å². The van der Waals surface area contributed by atoms with Crippen molar-refractivity contribution in [2.24, 2.45) is 5.92 Å². The molecule has 1 amide bonds. The summed E-state index contributed by atoms with van der Waals surface area (Å²) in [5, 5.41) is 12.3. The van der Waals surface area contributed by atoms with E-state index in [1.807, 2.05) is 22.8 Å². The monoisotopic (exact) mass is 395 g/mol. The summed E-state index contributed by atoms with van der Waals surface area (Å²) in [7, 11) is 0. The summed E-state index contributed by atoms with van der Waals surface area (Å²) in [5.41, 5.74) is 4.03. The molecule has 28 heavy (non-hydrogen) atoms. The SMILES string of the molecule is Cc1ccc(-n2c(SCC(=O)NCC(C)C)nnc2-c2ccccn2)c(C)c1. The largest absolute Gasteiger partial charge is 0.355 e. The molecule has 3 aromatic rings. The van der Waals surface area contributed by atoms with Gasteiger partial charge in [0.05, 0.1) is 11.4 Å². The normalized spacial score (nSPS) is 11.0. The molecular formula is C21H25N5OS. The van der Waals surface area contributed by atoms with Crippen LogP contribution in [0, 0.1) is 19.8 Å². The summed E-state index contributed by atoms with van der Waals surface area (Å²) < 4.78 is 1.98. The van der Waals surface area contributed by atoms with Crippen molar-refractivity contribution in [3.05, 3.63) is 53.7 Å². The number of benzene rings is 1. The highest BCUT2D eigenvalue weighted by Crippen LogP contribution is 2.28. The summed E-state index contributed by atoms with van der Waals surface area (Å²) in [4.78, 5) is 16.6. The number of thioether (sulfide) groups is 1. The topological polar surface area (TPSA) is 72.7 Å². The number of aromatic nitrogens is 4. The average Bonchev–Trinajstić information content (AvgIpc) is 3.09. The van der Waals surface area contributed by atoms with Crippen LogP contribution >= 0.6 is 11.8 Å². The van der Waals surface area contributed by atoms with Crippen LogP contribution in [0.2, 0.25) is 0 Å². The molecule has 0 radical (unpaired) electrons.